The van der Waals surface area contributed by atoms with Crippen molar-refractivity contribution < 1.29 is 9.53 Å². The van der Waals surface area contributed by atoms with E-state index in [1.165, 1.54) is 32.6 Å². The molecule has 3 heteroatoms. The average Bonchev–Trinajstić information content (AvgIpc) is 2.49. The molecule has 2 fully saturated rings. The van der Waals surface area contributed by atoms with Gasteiger partial charge in [-0.3, -0.25) is 4.79 Å². The van der Waals surface area contributed by atoms with E-state index in [0.29, 0.717) is 0 Å². The van der Waals surface area contributed by atoms with Crippen LogP contribution in [-0.2, 0) is 9.53 Å². The third kappa shape index (κ3) is 4.22. The molecule has 0 atom stereocenters. The Morgan fingerprint density at radius 2 is 1.71 bits per heavy atom. The Kier molecular flexibility index (Phi) is 5.67. The van der Waals surface area contributed by atoms with Crippen LogP contribution in [0.4, 0.5) is 0 Å². The fourth-order valence-electron chi connectivity index (χ4n) is 4.47. The predicted octanol–water partition coefficient (Wildman–Crippen LogP) is 4.61. The first-order valence-electron chi connectivity index (χ1n) is 8.67. The minimum absolute atomic E-state index is 0.0276. The van der Waals surface area contributed by atoms with Crippen molar-refractivity contribution >= 4 is 5.97 Å². The van der Waals surface area contributed by atoms with Gasteiger partial charge >= 0.3 is 5.97 Å². The molecule has 0 amide bonds. The Morgan fingerprint density at radius 3 is 2.19 bits per heavy atom. The molecule has 0 bridgehead atoms. The number of rotatable bonds is 4. The van der Waals surface area contributed by atoms with Crippen molar-refractivity contribution in [2.24, 2.45) is 17.3 Å². The summed E-state index contributed by atoms with van der Waals surface area (Å²) >= 11 is 0. The second-order valence-corrected chi connectivity index (χ2v) is 7.13. The van der Waals surface area contributed by atoms with Crippen LogP contribution in [0.15, 0.2) is 0 Å². The summed E-state index contributed by atoms with van der Waals surface area (Å²) in [5.41, 5.74) is -0.0276. The summed E-state index contributed by atoms with van der Waals surface area (Å²) < 4.78 is 5.33. The van der Waals surface area contributed by atoms with Gasteiger partial charge in [-0.2, -0.15) is 5.26 Å². The van der Waals surface area contributed by atoms with Gasteiger partial charge in [0.15, 0.2) is 0 Å². The van der Waals surface area contributed by atoms with Crippen molar-refractivity contribution in [3.05, 3.63) is 0 Å². The Bertz CT molecular complexity index is 383. The molecule has 0 unspecified atom stereocenters. The molecule has 2 saturated carbocycles. The fourth-order valence-corrected chi connectivity index (χ4v) is 4.47. The highest BCUT2D eigenvalue weighted by Gasteiger charge is 2.38. The van der Waals surface area contributed by atoms with Crippen LogP contribution in [-0.4, -0.2) is 12.1 Å². The van der Waals surface area contributed by atoms with Crippen LogP contribution >= 0.6 is 0 Å². The number of ether oxygens (including phenoxy) is 1. The highest BCUT2D eigenvalue weighted by molar-refractivity contribution is 5.66. The van der Waals surface area contributed by atoms with Crippen LogP contribution in [0.1, 0.15) is 78.1 Å². The third-order valence-electron chi connectivity index (χ3n) is 5.67. The molecule has 0 aromatic carbocycles. The molecule has 0 saturated heterocycles. The summed E-state index contributed by atoms with van der Waals surface area (Å²) in [5.74, 6) is 1.44. The minimum Gasteiger partial charge on any atom is -0.463 e. The van der Waals surface area contributed by atoms with E-state index in [1.54, 1.807) is 0 Å². The van der Waals surface area contributed by atoms with E-state index in [9.17, 15) is 10.1 Å². The lowest BCUT2D eigenvalue weighted by Gasteiger charge is -2.40. The minimum atomic E-state index is -0.144. The molecule has 0 N–H and O–H groups in total. The Balaban J connectivity index is 1.79. The number of carbonyl (C=O) groups excluding carboxylic acids is 1. The topological polar surface area (TPSA) is 50.1 Å². The van der Waals surface area contributed by atoms with E-state index in [4.69, 9.17) is 4.74 Å². The molecule has 21 heavy (non-hydrogen) atoms. The van der Waals surface area contributed by atoms with Crippen molar-refractivity contribution in [3.63, 3.8) is 0 Å². The SMILES string of the molecule is CCCC1(C#N)CCC(C2CCC(OC(C)=O)CC2)CC1. The molecule has 0 aromatic rings. The number of hydrogen-bond donors (Lipinski definition) is 0. The first-order valence-corrected chi connectivity index (χ1v) is 8.67. The van der Waals surface area contributed by atoms with Gasteiger partial charge in [0, 0.05) is 6.92 Å². The highest BCUT2D eigenvalue weighted by atomic mass is 16.5. The predicted molar refractivity (Wildman–Crippen MR) is 82.4 cm³/mol. The van der Waals surface area contributed by atoms with Gasteiger partial charge in [0.25, 0.3) is 0 Å². The molecule has 0 aromatic heterocycles. The van der Waals surface area contributed by atoms with Crippen molar-refractivity contribution in [1.82, 2.24) is 0 Å². The van der Waals surface area contributed by atoms with E-state index in [-0.39, 0.29) is 17.5 Å². The molecule has 0 radical (unpaired) electrons. The number of esters is 1. The van der Waals surface area contributed by atoms with E-state index < -0.39 is 0 Å². The van der Waals surface area contributed by atoms with Gasteiger partial charge < -0.3 is 4.74 Å². The molecule has 0 spiro atoms. The maximum atomic E-state index is 11.0. The lowest BCUT2D eigenvalue weighted by atomic mass is 9.64. The molecule has 2 rings (SSSR count). The molecule has 0 heterocycles. The summed E-state index contributed by atoms with van der Waals surface area (Å²) in [6, 6.07) is 2.61. The standard InChI is InChI=1S/C18H29NO2/c1-3-10-18(13-19)11-8-16(9-12-18)15-4-6-17(7-5-15)21-14(2)20/h15-17H,3-12H2,1-2H3. The molecular weight excluding hydrogens is 262 g/mol. The Labute approximate surface area is 129 Å². The quantitative estimate of drug-likeness (QED) is 0.711. The van der Waals surface area contributed by atoms with Crippen molar-refractivity contribution in [1.29, 1.82) is 5.26 Å². The molecular formula is C18H29NO2. The van der Waals surface area contributed by atoms with Gasteiger partial charge in [-0.15, -0.1) is 0 Å². The van der Waals surface area contributed by atoms with Crippen molar-refractivity contribution in [2.75, 3.05) is 0 Å². The first kappa shape index (κ1) is 16.3. The maximum absolute atomic E-state index is 11.0. The largest absolute Gasteiger partial charge is 0.463 e. The van der Waals surface area contributed by atoms with E-state index in [0.717, 1.165) is 50.4 Å². The Hall–Kier alpha value is -1.04. The zero-order valence-electron chi connectivity index (χ0n) is 13.6. The van der Waals surface area contributed by atoms with Gasteiger partial charge in [0.1, 0.15) is 6.10 Å². The smallest absolute Gasteiger partial charge is 0.302 e. The lowest BCUT2D eigenvalue weighted by molar-refractivity contribution is -0.148. The summed E-state index contributed by atoms with van der Waals surface area (Å²) in [6.07, 6.45) is 11.4. The van der Waals surface area contributed by atoms with Crippen molar-refractivity contribution in [3.8, 4) is 6.07 Å². The third-order valence-corrected chi connectivity index (χ3v) is 5.67. The number of nitrogens with zero attached hydrogens (tertiary/aromatic N) is 1. The van der Waals surface area contributed by atoms with Crippen molar-refractivity contribution in [2.45, 2.75) is 84.2 Å². The first-order chi connectivity index (χ1) is 10.1. The summed E-state index contributed by atoms with van der Waals surface area (Å²) in [5, 5.41) is 9.49. The second kappa shape index (κ2) is 7.29. The summed E-state index contributed by atoms with van der Waals surface area (Å²) in [7, 11) is 0. The van der Waals surface area contributed by atoms with Gasteiger partial charge in [-0.1, -0.05) is 13.3 Å². The summed E-state index contributed by atoms with van der Waals surface area (Å²) in [4.78, 5) is 11.0. The van der Waals surface area contributed by atoms with E-state index >= 15 is 0 Å². The van der Waals surface area contributed by atoms with Crippen LogP contribution < -0.4 is 0 Å². The molecule has 2 aliphatic carbocycles. The maximum Gasteiger partial charge on any atom is 0.302 e. The van der Waals surface area contributed by atoms with E-state index in [1.807, 2.05) is 0 Å². The molecule has 118 valence electrons. The van der Waals surface area contributed by atoms with Crippen LogP contribution in [0.25, 0.3) is 0 Å². The van der Waals surface area contributed by atoms with Crippen LogP contribution in [0.3, 0.4) is 0 Å². The number of carbonyl (C=O) groups is 1. The molecule has 3 nitrogen and oxygen atoms in total. The van der Waals surface area contributed by atoms with E-state index in [2.05, 4.69) is 13.0 Å². The van der Waals surface area contributed by atoms with Crippen LogP contribution in [0.2, 0.25) is 0 Å². The van der Waals surface area contributed by atoms with Gasteiger partial charge in [0.05, 0.1) is 11.5 Å². The highest BCUT2D eigenvalue weighted by Crippen LogP contribution is 2.46. The number of hydrogen-bond acceptors (Lipinski definition) is 3. The fraction of sp³-hybridized carbons (Fsp3) is 0.889. The molecule has 2 aliphatic rings. The zero-order chi connectivity index (χ0) is 15.3. The summed E-state index contributed by atoms with van der Waals surface area (Å²) in [6.45, 7) is 3.68. The second-order valence-electron chi connectivity index (χ2n) is 7.13. The molecule has 0 aliphatic heterocycles. The zero-order valence-corrected chi connectivity index (χ0v) is 13.6. The monoisotopic (exact) mass is 291 g/mol. The van der Waals surface area contributed by atoms with Gasteiger partial charge in [0.2, 0.25) is 0 Å². The van der Waals surface area contributed by atoms with Crippen LogP contribution in [0, 0.1) is 28.6 Å². The van der Waals surface area contributed by atoms with Gasteiger partial charge in [-0.05, 0) is 69.6 Å². The average molecular weight is 291 g/mol. The van der Waals surface area contributed by atoms with Crippen LogP contribution in [0.5, 0.6) is 0 Å². The Morgan fingerprint density at radius 1 is 1.14 bits per heavy atom. The number of nitriles is 1. The lowest BCUT2D eigenvalue weighted by Crippen LogP contribution is -2.32. The van der Waals surface area contributed by atoms with Gasteiger partial charge in [-0.25, -0.2) is 0 Å². The normalized spacial score (nSPS) is 36.7.